The number of hydrogen-bond acceptors (Lipinski definition) is 6. The molecule has 0 aliphatic heterocycles. The minimum Gasteiger partial charge on any atom is -0.290 e. The van der Waals surface area contributed by atoms with Gasteiger partial charge in [0.15, 0.2) is 5.82 Å². The fourth-order valence-corrected chi connectivity index (χ4v) is 3.89. The van der Waals surface area contributed by atoms with Gasteiger partial charge in [-0.25, -0.2) is 22.9 Å². The Morgan fingerprint density at radius 1 is 0.933 bits per heavy atom. The summed E-state index contributed by atoms with van der Waals surface area (Å²) < 4.78 is 26.8. The minimum absolute atomic E-state index is 0.0195. The maximum atomic E-state index is 12.5. The van der Waals surface area contributed by atoms with E-state index in [1.54, 1.807) is 36.7 Å². The molecule has 150 valence electrons. The lowest BCUT2D eigenvalue weighted by molar-refractivity contribution is 0.256. The van der Waals surface area contributed by atoms with Crippen molar-refractivity contribution in [3.8, 4) is 11.4 Å². The van der Waals surface area contributed by atoms with E-state index in [9.17, 15) is 13.2 Å². The van der Waals surface area contributed by atoms with Gasteiger partial charge in [-0.3, -0.25) is 15.3 Å². The molecule has 30 heavy (non-hydrogen) atoms. The van der Waals surface area contributed by atoms with Crippen molar-refractivity contribution in [3.05, 3.63) is 78.6 Å². The van der Waals surface area contributed by atoms with Crippen LogP contribution in [0.5, 0.6) is 0 Å². The van der Waals surface area contributed by atoms with Gasteiger partial charge < -0.3 is 0 Å². The summed E-state index contributed by atoms with van der Waals surface area (Å²) in [4.78, 5) is 25.6. The number of nitrogens with zero attached hydrogens (tertiary/aromatic N) is 3. The number of urea groups is 1. The van der Waals surface area contributed by atoms with Gasteiger partial charge in [-0.2, -0.15) is 0 Å². The van der Waals surface area contributed by atoms with E-state index >= 15 is 0 Å². The van der Waals surface area contributed by atoms with Crippen LogP contribution in [0.1, 0.15) is 5.56 Å². The fourth-order valence-electron chi connectivity index (χ4n) is 2.96. The number of aromatic nitrogens is 3. The van der Waals surface area contributed by atoms with Crippen molar-refractivity contribution in [2.75, 3.05) is 5.32 Å². The van der Waals surface area contributed by atoms with Crippen LogP contribution in [0.3, 0.4) is 0 Å². The van der Waals surface area contributed by atoms with Crippen molar-refractivity contribution in [1.29, 1.82) is 0 Å². The summed E-state index contributed by atoms with van der Waals surface area (Å²) in [6, 6.07) is 15.8. The quantitative estimate of drug-likeness (QED) is 0.523. The average Bonchev–Trinajstić information content (AvgIpc) is 2.74. The van der Waals surface area contributed by atoms with E-state index in [0.717, 1.165) is 10.9 Å². The van der Waals surface area contributed by atoms with E-state index in [0.29, 0.717) is 16.9 Å². The van der Waals surface area contributed by atoms with Crippen LogP contribution < -0.4 is 10.0 Å². The molecular weight excluding hydrogens is 402 g/mol. The number of anilines is 1. The molecular formula is C21H17N5O3S. The molecule has 0 saturated carbocycles. The van der Waals surface area contributed by atoms with Gasteiger partial charge in [-0.1, -0.05) is 30.3 Å². The molecule has 3 aromatic heterocycles. The molecule has 8 nitrogen and oxygen atoms in total. The maximum Gasteiger partial charge on any atom is 0.334 e. The molecule has 0 bridgehead atoms. The third-order valence-corrected chi connectivity index (χ3v) is 5.70. The minimum atomic E-state index is -4.02. The highest BCUT2D eigenvalue weighted by Gasteiger charge is 2.19. The Morgan fingerprint density at radius 2 is 1.67 bits per heavy atom. The van der Waals surface area contributed by atoms with E-state index in [1.165, 1.54) is 12.1 Å². The zero-order valence-corrected chi connectivity index (χ0v) is 16.7. The molecule has 1 aromatic carbocycles. The highest BCUT2D eigenvalue weighted by molar-refractivity contribution is 7.90. The number of nitrogens with one attached hydrogen (secondary N) is 2. The van der Waals surface area contributed by atoms with Gasteiger partial charge in [0.2, 0.25) is 0 Å². The standard InChI is InChI=1S/C21H17N5O3S/c1-14-7-5-11-22-18(14)17-13-15-8-6-12-23-19(15)20(24-17)25-21(27)26-30(28,29)16-9-3-2-4-10-16/h2-13H,1H3,(H2,24,25,26,27). The summed E-state index contributed by atoms with van der Waals surface area (Å²) in [7, 11) is -4.02. The van der Waals surface area contributed by atoms with Gasteiger partial charge in [0.05, 0.1) is 16.3 Å². The number of amides is 2. The summed E-state index contributed by atoms with van der Waals surface area (Å²) in [5, 5.41) is 3.24. The van der Waals surface area contributed by atoms with E-state index in [1.807, 2.05) is 35.9 Å². The van der Waals surface area contributed by atoms with Crippen molar-refractivity contribution < 1.29 is 13.2 Å². The topological polar surface area (TPSA) is 114 Å². The zero-order valence-electron chi connectivity index (χ0n) is 15.9. The number of aryl methyl sites for hydroxylation is 1. The number of hydrogen-bond donors (Lipinski definition) is 2. The van der Waals surface area contributed by atoms with Crippen LogP contribution in [0.15, 0.2) is 78.0 Å². The molecule has 0 radical (unpaired) electrons. The van der Waals surface area contributed by atoms with Crippen LogP contribution in [0, 0.1) is 6.92 Å². The molecule has 0 spiro atoms. The summed E-state index contributed by atoms with van der Waals surface area (Å²) in [6.45, 7) is 1.91. The van der Waals surface area contributed by atoms with E-state index in [-0.39, 0.29) is 10.7 Å². The lowest BCUT2D eigenvalue weighted by Crippen LogP contribution is -2.34. The monoisotopic (exact) mass is 419 g/mol. The molecule has 9 heteroatoms. The molecule has 0 unspecified atom stereocenters. The first kappa shape index (κ1) is 19.5. The van der Waals surface area contributed by atoms with Crippen LogP contribution in [0.2, 0.25) is 0 Å². The normalized spacial score (nSPS) is 11.2. The molecule has 2 N–H and O–H groups in total. The number of pyridine rings is 3. The highest BCUT2D eigenvalue weighted by Crippen LogP contribution is 2.27. The number of carbonyl (C=O) groups is 1. The lowest BCUT2D eigenvalue weighted by atomic mass is 10.1. The highest BCUT2D eigenvalue weighted by atomic mass is 32.2. The Morgan fingerprint density at radius 3 is 2.43 bits per heavy atom. The molecule has 3 heterocycles. The summed E-state index contributed by atoms with van der Waals surface area (Å²) in [5.41, 5.74) is 2.54. The Hall–Kier alpha value is -3.85. The van der Waals surface area contributed by atoms with Crippen molar-refractivity contribution in [2.24, 2.45) is 0 Å². The average molecular weight is 419 g/mol. The van der Waals surface area contributed by atoms with E-state index in [4.69, 9.17) is 0 Å². The van der Waals surface area contributed by atoms with Gasteiger partial charge >= 0.3 is 6.03 Å². The Bertz CT molecular complexity index is 1340. The second kappa shape index (κ2) is 7.88. The second-order valence-electron chi connectivity index (χ2n) is 6.47. The molecule has 0 saturated heterocycles. The van der Waals surface area contributed by atoms with Crippen LogP contribution in [0.4, 0.5) is 10.6 Å². The second-order valence-corrected chi connectivity index (χ2v) is 8.16. The molecule has 0 atom stereocenters. The van der Waals surface area contributed by atoms with Crippen molar-refractivity contribution in [2.45, 2.75) is 11.8 Å². The maximum absolute atomic E-state index is 12.5. The third-order valence-electron chi connectivity index (χ3n) is 4.35. The molecule has 4 aromatic rings. The first-order valence-electron chi connectivity index (χ1n) is 9.01. The largest absolute Gasteiger partial charge is 0.334 e. The molecule has 0 fully saturated rings. The molecule has 4 rings (SSSR count). The smallest absolute Gasteiger partial charge is 0.290 e. The summed E-state index contributed by atoms with van der Waals surface area (Å²) in [6.07, 6.45) is 3.23. The van der Waals surface area contributed by atoms with Gasteiger partial charge in [0.25, 0.3) is 10.0 Å². The van der Waals surface area contributed by atoms with E-state index in [2.05, 4.69) is 20.3 Å². The lowest BCUT2D eigenvalue weighted by Gasteiger charge is -2.12. The van der Waals surface area contributed by atoms with Gasteiger partial charge in [0, 0.05) is 17.8 Å². The van der Waals surface area contributed by atoms with Crippen LogP contribution in [0.25, 0.3) is 22.3 Å². The zero-order chi connectivity index (χ0) is 21.1. The number of benzene rings is 1. The SMILES string of the molecule is Cc1cccnc1-c1cc2cccnc2c(NC(=O)NS(=O)(=O)c2ccccc2)n1. The van der Waals surface area contributed by atoms with Gasteiger partial charge in [-0.05, 0) is 42.8 Å². The first-order valence-corrected chi connectivity index (χ1v) is 10.5. The summed E-state index contributed by atoms with van der Waals surface area (Å²) >= 11 is 0. The van der Waals surface area contributed by atoms with E-state index < -0.39 is 16.1 Å². The molecule has 0 aliphatic rings. The Kier molecular flexibility index (Phi) is 5.11. The predicted molar refractivity (Wildman–Crippen MR) is 113 cm³/mol. The summed E-state index contributed by atoms with van der Waals surface area (Å²) in [5.74, 6) is 0.133. The third kappa shape index (κ3) is 3.96. The van der Waals surface area contributed by atoms with Crippen LogP contribution in [-0.2, 0) is 10.0 Å². The number of carbonyl (C=O) groups excluding carboxylic acids is 1. The fraction of sp³-hybridized carbons (Fsp3) is 0.0476. The van der Waals surface area contributed by atoms with Gasteiger partial charge in [0.1, 0.15) is 5.52 Å². The van der Waals surface area contributed by atoms with Gasteiger partial charge in [-0.15, -0.1) is 0 Å². The number of sulfonamides is 1. The molecule has 0 aliphatic carbocycles. The Labute approximate surface area is 173 Å². The van der Waals surface area contributed by atoms with Crippen molar-refractivity contribution in [3.63, 3.8) is 0 Å². The van der Waals surface area contributed by atoms with Crippen LogP contribution >= 0.6 is 0 Å². The predicted octanol–water partition coefficient (Wildman–Crippen LogP) is 3.51. The Balaban J connectivity index is 1.70. The number of fused-ring (bicyclic) bond motifs is 1. The molecule has 2 amide bonds. The number of rotatable bonds is 4. The first-order chi connectivity index (χ1) is 14.4. The van der Waals surface area contributed by atoms with Crippen molar-refractivity contribution in [1.82, 2.24) is 19.7 Å². The van der Waals surface area contributed by atoms with Crippen LogP contribution in [-0.4, -0.2) is 29.4 Å². The van der Waals surface area contributed by atoms with Crippen molar-refractivity contribution >= 4 is 32.8 Å².